The highest BCUT2D eigenvalue weighted by Gasteiger charge is 2.45. The van der Waals surface area contributed by atoms with Crippen molar-refractivity contribution in [2.75, 3.05) is 58.4 Å². The second-order valence-corrected chi connectivity index (χ2v) is 15.0. The Morgan fingerprint density at radius 3 is 2.69 bits per heavy atom. The number of piperidine rings is 1. The molecule has 2 fully saturated rings. The molecule has 0 radical (unpaired) electrons. The van der Waals surface area contributed by atoms with Gasteiger partial charge in [0.2, 0.25) is 25.9 Å². The van der Waals surface area contributed by atoms with Gasteiger partial charge in [-0.2, -0.15) is 4.31 Å². The largest absolute Gasteiger partial charge is 0.491 e. The van der Waals surface area contributed by atoms with Crippen molar-refractivity contribution in [2.45, 2.75) is 59.8 Å². The van der Waals surface area contributed by atoms with Crippen molar-refractivity contribution >= 4 is 25.7 Å². The first-order valence-corrected chi connectivity index (χ1v) is 16.9. The fraction of sp³-hybridized carbons (Fsp3) is 0.593. The van der Waals surface area contributed by atoms with Gasteiger partial charge in [0.05, 0.1) is 29.8 Å². The maximum Gasteiger partial charge on any atom is 0.244 e. The Hall–Kier alpha value is -2.53. The lowest BCUT2D eigenvalue weighted by Gasteiger charge is -2.38. The molecule has 3 aliphatic heterocycles. The summed E-state index contributed by atoms with van der Waals surface area (Å²) in [5, 5.41) is 13.8. The van der Waals surface area contributed by atoms with Crippen LogP contribution in [0, 0.1) is 0 Å². The van der Waals surface area contributed by atoms with Crippen LogP contribution in [-0.2, 0) is 24.8 Å². The van der Waals surface area contributed by atoms with Crippen LogP contribution in [0.3, 0.4) is 0 Å². The second-order valence-electron chi connectivity index (χ2n) is 11.2. The van der Waals surface area contributed by atoms with Crippen LogP contribution in [-0.4, -0.2) is 109 Å². The number of pyridine rings is 1. The Morgan fingerprint density at radius 2 is 1.95 bits per heavy atom. The molecule has 3 aliphatic rings. The number of aliphatic hydroxyl groups excluding tert-OH is 1. The number of sulfonamides is 2. The first kappa shape index (κ1) is 30.9. The molecule has 2 aromatic rings. The maximum atomic E-state index is 13.4. The third-order valence-corrected chi connectivity index (χ3v) is 11.3. The van der Waals surface area contributed by atoms with E-state index in [0.29, 0.717) is 62.8 Å². The van der Waals surface area contributed by atoms with Crippen LogP contribution >= 0.6 is 0 Å². The van der Waals surface area contributed by atoms with Gasteiger partial charge in [-0.1, -0.05) is 6.07 Å². The van der Waals surface area contributed by atoms with Gasteiger partial charge in [0.1, 0.15) is 35.1 Å². The molecule has 1 spiro atoms. The molecule has 3 N–H and O–H groups in total. The van der Waals surface area contributed by atoms with Crippen molar-refractivity contribution < 1.29 is 36.2 Å². The van der Waals surface area contributed by atoms with Crippen LogP contribution in [0.15, 0.2) is 46.3 Å². The zero-order valence-electron chi connectivity index (χ0n) is 24.0. The summed E-state index contributed by atoms with van der Waals surface area (Å²) >= 11 is 0. The molecule has 2 saturated heterocycles. The van der Waals surface area contributed by atoms with E-state index in [9.17, 15) is 21.9 Å². The lowest BCUT2D eigenvalue weighted by Crippen LogP contribution is -2.47. The third kappa shape index (κ3) is 6.67. The number of aliphatic hydroxyl groups is 1. The van der Waals surface area contributed by atoms with Crippen LogP contribution < -0.4 is 24.4 Å². The molecule has 15 heteroatoms. The number of nitrogens with zero attached hydrogens (tertiary/aromatic N) is 3. The lowest BCUT2D eigenvalue weighted by atomic mass is 9.88. The number of benzene rings is 1. The number of aromatic nitrogens is 1. The number of ether oxygens (including phenoxy) is 3. The van der Waals surface area contributed by atoms with Crippen molar-refractivity contribution in [1.82, 2.24) is 19.3 Å². The molecule has 0 saturated carbocycles. The summed E-state index contributed by atoms with van der Waals surface area (Å²) in [6.45, 7) is 3.99. The Balaban J connectivity index is 1.09. The molecule has 0 aliphatic carbocycles. The van der Waals surface area contributed by atoms with Gasteiger partial charge in [-0.3, -0.25) is 0 Å². The van der Waals surface area contributed by atoms with Gasteiger partial charge in [0.15, 0.2) is 0 Å². The number of nitrogens with one attached hydrogen (secondary N) is 2. The van der Waals surface area contributed by atoms with E-state index in [1.54, 1.807) is 18.2 Å². The number of rotatable bonds is 10. The molecule has 0 amide bonds. The van der Waals surface area contributed by atoms with Crippen LogP contribution in [0.2, 0.25) is 0 Å². The van der Waals surface area contributed by atoms with Crippen molar-refractivity contribution in [3.63, 3.8) is 0 Å². The Labute approximate surface area is 247 Å². The Morgan fingerprint density at radius 1 is 1.19 bits per heavy atom. The van der Waals surface area contributed by atoms with Crippen molar-refractivity contribution in [3.05, 3.63) is 36.5 Å². The van der Waals surface area contributed by atoms with Crippen LogP contribution in [0.25, 0.3) is 0 Å². The van der Waals surface area contributed by atoms with Gasteiger partial charge in [-0.15, -0.1) is 0 Å². The predicted octanol–water partition coefficient (Wildman–Crippen LogP) is 0.549. The number of fused-ring (bicyclic) bond motifs is 1. The SMILES string of the molecule is CNS(=O)(=O)c1cccc(OC[C@@H](O)CNC2COC3(CCN(S(=O)(=O)c4cnc5c(c4)N(C)C[C@@H](C)O5)CC3)C2)c1. The molecular formula is C27H39N5O8S2. The van der Waals surface area contributed by atoms with Crippen LogP contribution in [0.5, 0.6) is 11.6 Å². The molecule has 4 heterocycles. The van der Waals surface area contributed by atoms with Crippen molar-refractivity contribution in [1.29, 1.82) is 0 Å². The third-order valence-electron chi connectivity index (χ3n) is 8.01. The first-order valence-electron chi connectivity index (χ1n) is 14.0. The average Bonchev–Trinajstić information content (AvgIpc) is 3.37. The molecule has 3 atom stereocenters. The summed E-state index contributed by atoms with van der Waals surface area (Å²) < 4.78 is 72.1. The fourth-order valence-corrected chi connectivity index (χ4v) is 7.82. The Bertz CT molecular complexity index is 1480. The van der Waals surface area contributed by atoms with Gasteiger partial charge in [-0.05, 0) is 51.4 Å². The highest BCUT2D eigenvalue weighted by molar-refractivity contribution is 7.89. The van der Waals surface area contributed by atoms with Crippen molar-refractivity contribution in [3.8, 4) is 11.6 Å². The maximum absolute atomic E-state index is 13.4. The lowest BCUT2D eigenvalue weighted by molar-refractivity contribution is -0.0312. The quantitative estimate of drug-likeness (QED) is 0.338. The number of likely N-dealkylation sites (N-methyl/N-ethyl adjacent to an activating group) is 1. The second kappa shape index (κ2) is 12.2. The van der Waals surface area contributed by atoms with Gasteiger partial charge in [0.25, 0.3) is 0 Å². The topological polar surface area (TPSA) is 160 Å². The van der Waals surface area contributed by atoms with Gasteiger partial charge >= 0.3 is 0 Å². The monoisotopic (exact) mass is 625 g/mol. The zero-order valence-corrected chi connectivity index (χ0v) is 25.7. The van der Waals surface area contributed by atoms with E-state index in [0.717, 1.165) is 0 Å². The van der Waals surface area contributed by atoms with E-state index < -0.39 is 31.8 Å². The standard InChI is InChI=1S/C27H39N5O8S2/c1-19-16-31(3)25-12-24(15-30-26(25)40-19)42(36,37)32-9-7-27(8-10-32)13-20(17-39-27)29-14-21(33)18-38-22-5-4-6-23(11-22)41(34,35)28-2/h4-6,11-12,15,19-21,28-29,33H,7-10,13-14,16-18H2,1-3H3/t19-,20?,21+/m1/s1. The molecule has 5 rings (SSSR count). The smallest absolute Gasteiger partial charge is 0.244 e. The normalized spacial score (nSPS) is 23.4. The summed E-state index contributed by atoms with van der Waals surface area (Å²) in [5.74, 6) is 0.785. The van der Waals surface area contributed by atoms with Gasteiger partial charge in [-0.25, -0.2) is 26.5 Å². The molecular weight excluding hydrogens is 586 g/mol. The number of anilines is 1. The fourth-order valence-electron chi connectivity index (χ4n) is 5.65. The summed E-state index contributed by atoms with van der Waals surface area (Å²) in [7, 11) is -4.08. The molecule has 0 bridgehead atoms. The van der Waals surface area contributed by atoms with Gasteiger partial charge < -0.3 is 29.5 Å². The summed E-state index contributed by atoms with van der Waals surface area (Å²) in [4.78, 5) is 6.48. The number of hydrogen-bond acceptors (Lipinski definition) is 11. The molecule has 1 aromatic carbocycles. The first-order chi connectivity index (χ1) is 19.9. The molecule has 1 aromatic heterocycles. The van der Waals surface area contributed by atoms with E-state index in [1.807, 2.05) is 18.9 Å². The summed E-state index contributed by atoms with van der Waals surface area (Å²) in [6, 6.07) is 7.72. The van der Waals surface area contributed by atoms with Crippen LogP contribution in [0.4, 0.5) is 5.69 Å². The molecule has 42 heavy (non-hydrogen) atoms. The zero-order chi connectivity index (χ0) is 30.1. The highest BCUT2D eigenvalue weighted by atomic mass is 32.2. The van der Waals surface area contributed by atoms with E-state index in [4.69, 9.17) is 14.2 Å². The predicted molar refractivity (Wildman–Crippen MR) is 155 cm³/mol. The van der Waals surface area contributed by atoms with E-state index in [-0.39, 0.29) is 35.1 Å². The van der Waals surface area contributed by atoms with E-state index in [1.165, 1.54) is 29.7 Å². The van der Waals surface area contributed by atoms with E-state index >= 15 is 0 Å². The number of hydrogen-bond donors (Lipinski definition) is 3. The van der Waals surface area contributed by atoms with Crippen molar-refractivity contribution in [2.24, 2.45) is 0 Å². The minimum absolute atomic E-state index is 0.00896. The molecule has 232 valence electrons. The molecule has 1 unspecified atom stereocenters. The Kier molecular flexibility index (Phi) is 9.00. The van der Waals surface area contributed by atoms with Crippen LogP contribution in [0.1, 0.15) is 26.2 Å². The minimum atomic E-state index is -3.72. The summed E-state index contributed by atoms with van der Waals surface area (Å²) in [5.41, 5.74) is 0.251. The average molecular weight is 626 g/mol. The molecule has 13 nitrogen and oxygen atoms in total. The van der Waals surface area contributed by atoms with Gasteiger partial charge in [0, 0.05) is 38.8 Å². The summed E-state index contributed by atoms with van der Waals surface area (Å²) in [6.07, 6.45) is 2.37. The van der Waals surface area contributed by atoms with E-state index in [2.05, 4.69) is 15.0 Å². The minimum Gasteiger partial charge on any atom is -0.491 e. The highest BCUT2D eigenvalue weighted by Crippen LogP contribution is 2.38.